The van der Waals surface area contributed by atoms with E-state index in [4.69, 9.17) is 23.2 Å². The number of hydrogen-bond donors (Lipinski definition) is 1. The van der Waals surface area contributed by atoms with Crippen molar-refractivity contribution in [1.82, 2.24) is 14.5 Å². The summed E-state index contributed by atoms with van der Waals surface area (Å²) in [6, 6.07) is 10.4. The maximum Gasteiger partial charge on any atom is 0.264 e. The summed E-state index contributed by atoms with van der Waals surface area (Å²) in [5.41, 5.74) is 2.08. The van der Waals surface area contributed by atoms with E-state index in [1.807, 2.05) is 24.3 Å². The van der Waals surface area contributed by atoms with Crippen LogP contribution < -0.4 is 5.32 Å². The average molecular weight is 466 g/mol. The molecule has 7 nitrogen and oxygen atoms in total. The summed E-state index contributed by atoms with van der Waals surface area (Å²) in [5, 5.41) is 2.76. The monoisotopic (exact) mass is 465 g/mol. The summed E-state index contributed by atoms with van der Waals surface area (Å²) in [5.74, 6) is -0.887. The van der Waals surface area contributed by atoms with Gasteiger partial charge in [0.25, 0.3) is 10.0 Å². The molecule has 0 radical (unpaired) electrons. The lowest BCUT2D eigenvalue weighted by molar-refractivity contribution is -0.136. The molecular formula is C20H17Cl2N3O4S. The molecule has 0 aliphatic carbocycles. The van der Waals surface area contributed by atoms with Crippen LogP contribution >= 0.6 is 23.2 Å². The third-order valence-corrected chi connectivity index (χ3v) is 7.60. The Morgan fingerprint density at radius 1 is 1.07 bits per heavy atom. The number of halogens is 2. The molecule has 2 aromatic carbocycles. The molecule has 2 aliphatic rings. The Labute approximate surface area is 183 Å². The number of nitrogens with one attached hydrogen (secondary N) is 1. The predicted molar refractivity (Wildman–Crippen MR) is 112 cm³/mol. The molecule has 30 heavy (non-hydrogen) atoms. The largest absolute Gasteiger partial charge is 0.334 e. The van der Waals surface area contributed by atoms with E-state index in [1.54, 1.807) is 4.90 Å². The van der Waals surface area contributed by atoms with Crippen LogP contribution in [0.1, 0.15) is 17.5 Å². The molecule has 156 valence electrons. The van der Waals surface area contributed by atoms with E-state index < -0.39 is 22.0 Å². The van der Waals surface area contributed by atoms with Crippen molar-refractivity contribution in [2.24, 2.45) is 0 Å². The van der Waals surface area contributed by atoms with E-state index in [-0.39, 0.29) is 27.3 Å². The van der Waals surface area contributed by atoms with Crippen LogP contribution in [0, 0.1) is 0 Å². The van der Waals surface area contributed by atoms with Gasteiger partial charge in [0, 0.05) is 25.5 Å². The number of carbonyl (C=O) groups is 2. The molecule has 10 heteroatoms. The summed E-state index contributed by atoms with van der Waals surface area (Å²) < 4.78 is 27.2. The van der Waals surface area contributed by atoms with E-state index in [2.05, 4.69) is 5.32 Å². The summed E-state index contributed by atoms with van der Waals surface area (Å²) in [7, 11) is -4.13. The van der Waals surface area contributed by atoms with Crippen molar-refractivity contribution in [3.63, 3.8) is 0 Å². The standard InChI is InChI=1S/C20H17Cl2N3O4S/c21-16-6-5-15(9-17(16)22)30(28,29)25-8-7-23-20(27)18(25)10-19(26)24-11-13-3-1-2-4-14(13)12-24/h1-9,18H,10-12H2,(H,23,27)/t18-/m1/s1. The van der Waals surface area contributed by atoms with E-state index >= 15 is 0 Å². The normalized spacial score (nSPS) is 18.3. The molecule has 0 unspecified atom stereocenters. The van der Waals surface area contributed by atoms with Gasteiger partial charge in [-0.15, -0.1) is 0 Å². The average Bonchev–Trinajstić information content (AvgIpc) is 3.15. The van der Waals surface area contributed by atoms with Gasteiger partial charge in [-0.05, 0) is 29.3 Å². The van der Waals surface area contributed by atoms with E-state index in [0.717, 1.165) is 15.4 Å². The van der Waals surface area contributed by atoms with Crippen molar-refractivity contribution in [3.8, 4) is 0 Å². The summed E-state index contributed by atoms with van der Waals surface area (Å²) in [6.45, 7) is 0.859. The van der Waals surface area contributed by atoms with Crippen molar-refractivity contribution < 1.29 is 18.0 Å². The van der Waals surface area contributed by atoms with Crippen molar-refractivity contribution in [3.05, 3.63) is 76.0 Å². The second-order valence-corrected chi connectivity index (χ2v) is 9.63. The van der Waals surface area contributed by atoms with Crippen LogP contribution in [0.5, 0.6) is 0 Å². The van der Waals surface area contributed by atoms with Gasteiger partial charge in [-0.1, -0.05) is 47.5 Å². The second-order valence-electron chi connectivity index (χ2n) is 6.97. The predicted octanol–water partition coefficient (Wildman–Crippen LogP) is 2.89. The zero-order chi connectivity index (χ0) is 21.5. The van der Waals surface area contributed by atoms with Crippen molar-refractivity contribution in [2.45, 2.75) is 30.4 Å². The molecule has 2 aromatic rings. The minimum Gasteiger partial charge on any atom is -0.334 e. The number of sulfonamides is 1. The van der Waals surface area contributed by atoms with E-state index in [1.165, 1.54) is 30.6 Å². The summed E-state index contributed by atoms with van der Waals surface area (Å²) in [6.07, 6.45) is 2.17. The van der Waals surface area contributed by atoms with E-state index in [0.29, 0.717) is 13.1 Å². The molecule has 2 heterocycles. The highest BCUT2D eigenvalue weighted by Gasteiger charge is 2.38. The molecule has 1 N–H and O–H groups in total. The Morgan fingerprint density at radius 2 is 1.73 bits per heavy atom. The Balaban J connectivity index is 1.58. The van der Waals surface area contributed by atoms with Crippen LogP contribution in [0.25, 0.3) is 0 Å². The van der Waals surface area contributed by atoms with E-state index in [9.17, 15) is 18.0 Å². The third kappa shape index (κ3) is 3.78. The van der Waals surface area contributed by atoms with Crippen LogP contribution in [0.15, 0.2) is 59.8 Å². The fraction of sp³-hybridized carbons (Fsp3) is 0.200. The number of nitrogens with zero attached hydrogens (tertiary/aromatic N) is 2. The Hall–Kier alpha value is -2.55. The smallest absolute Gasteiger partial charge is 0.264 e. The molecule has 0 fully saturated rings. The van der Waals surface area contributed by atoms with Gasteiger partial charge in [-0.25, -0.2) is 8.42 Å². The minimum absolute atomic E-state index is 0.0747. The number of rotatable bonds is 4. The Morgan fingerprint density at radius 3 is 2.37 bits per heavy atom. The van der Waals surface area contributed by atoms with Crippen LogP contribution in [-0.4, -0.2) is 35.5 Å². The van der Waals surface area contributed by atoms with Gasteiger partial charge < -0.3 is 10.2 Å². The molecule has 0 aromatic heterocycles. The van der Waals surface area contributed by atoms with Gasteiger partial charge in [0.15, 0.2) is 0 Å². The third-order valence-electron chi connectivity index (χ3n) is 5.08. The number of fused-ring (bicyclic) bond motifs is 1. The molecular weight excluding hydrogens is 449 g/mol. The number of benzene rings is 2. The maximum absolute atomic E-state index is 13.2. The molecule has 0 spiro atoms. The van der Waals surface area contributed by atoms with Crippen LogP contribution in [0.4, 0.5) is 0 Å². The highest BCUT2D eigenvalue weighted by molar-refractivity contribution is 7.89. The molecule has 2 amide bonds. The fourth-order valence-corrected chi connectivity index (χ4v) is 5.34. The molecule has 1 atom stereocenters. The SMILES string of the molecule is O=C1NC=CN(S(=O)(=O)c2ccc(Cl)c(Cl)c2)[C@@H]1CC(=O)N1Cc2ccccc2C1. The van der Waals surface area contributed by atoms with Gasteiger partial charge in [0.05, 0.1) is 21.4 Å². The topological polar surface area (TPSA) is 86.8 Å². The zero-order valence-corrected chi connectivity index (χ0v) is 17.9. The fourth-order valence-electron chi connectivity index (χ4n) is 3.50. The summed E-state index contributed by atoms with van der Waals surface area (Å²) in [4.78, 5) is 26.9. The zero-order valence-electron chi connectivity index (χ0n) is 15.6. The molecule has 4 rings (SSSR count). The van der Waals surface area contributed by atoms with Gasteiger partial charge >= 0.3 is 0 Å². The highest BCUT2D eigenvalue weighted by Crippen LogP contribution is 2.29. The van der Waals surface area contributed by atoms with Gasteiger partial charge in [-0.2, -0.15) is 0 Å². The minimum atomic E-state index is -4.13. The quantitative estimate of drug-likeness (QED) is 0.751. The Kier molecular flexibility index (Phi) is 5.48. The number of carbonyl (C=O) groups excluding carboxylic acids is 2. The molecule has 0 bridgehead atoms. The van der Waals surface area contributed by atoms with Crippen LogP contribution in [0.2, 0.25) is 10.0 Å². The van der Waals surface area contributed by atoms with Crippen LogP contribution in [0.3, 0.4) is 0 Å². The first-order chi connectivity index (χ1) is 14.3. The van der Waals surface area contributed by atoms with Gasteiger partial charge in [-0.3, -0.25) is 13.9 Å². The second kappa shape index (κ2) is 7.94. The number of hydrogen-bond acceptors (Lipinski definition) is 4. The first-order valence-electron chi connectivity index (χ1n) is 9.07. The lowest BCUT2D eigenvalue weighted by atomic mass is 10.1. The lowest BCUT2D eigenvalue weighted by Crippen LogP contribution is -2.51. The van der Waals surface area contributed by atoms with Crippen molar-refractivity contribution in [1.29, 1.82) is 0 Å². The summed E-state index contributed by atoms with van der Waals surface area (Å²) >= 11 is 11.8. The molecule has 2 aliphatic heterocycles. The van der Waals surface area contributed by atoms with Crippen LogP contribution in [-0.2, 0) is 32.7 Å². The molecule has 0 saturated heterocycles. The Bertz CT molecular complexity index is 1140. The number of amides is 2. The van der Waals surface area contributed by atoms with Crippen molar-refractivity contribution >= 4 is 45.0 Å². The van der Waals surface area contributed by atoms with Gasteiger partial charge in [0.2, 0.25) is 11.8 Å². The van der Waals surface area contributed by atoms with Gasteiger partial charge in [0.1, 0.15) is 6.04 Å². The van der Waals surface area contributed by atoms with Crippen molar-refractivity contribution in [2.75, 3.05) is 0 Å². The highest BCUT2D eigenvalue weighted by atomic mass is 35.5. The first kappa shape index (κ1) is 20.7. The maximum atomic E-state index is 13.2. The molecule has 0 saturated carbocycles. The lowest BCUT2D eigenvalue weighted by Gasteiger charge is -2.32. The first-order valence-corrected chi connectivity index (χ1v) is 11.3.